The fourth-order valence-electron chi connectivity index (χ4n) is 1.29. The zero-order valence-electron chi connectivity index (χ0n) is 7.63. The van der Waals surface area contributed by atoms with Gasteiger partial charge in [0.05, 0.1) is 0 Å². The number of halogens is 2. The highest BCUT2D eigenvalue weighted by Crippen LogP contribution is 2.20. The van der Waals surface area contributed by atoms with Gasteiger partial charge in [-0.05, 0) is 29.3 Å². The number of pyridine rings is 1. The molecule has 15 heavy (non-hydrogen) atoms. The Morgan fingerprint density at radius 2 is 2.00 bits per heavy atom. The molecule has 2 rings (SSSR count). The van der Waals surface area contributed by atoms with Crippen molar-refractivity contribution in [3.8, 4) is 11.1 Å². The summed E-state index contributed by atoms with van der Waals surface area (Å²) in [6, 6.07) is 7.59. The molecule has 1 aromatic carbocycles. The first-order chi connectivity index (χ1) is 7.16. The smallest absolute Gasteiger partial charge is 0.266 e. The molecule has 2 nitrogen and oxygen atoms in total. The molecule has 4 heteroatoms. The van der Waals surface area contributed by atoms with Crippen LogP contribution in [-0.2, 0) is 0 Å². The third-order valence-corrected chi connectivity index (χ3v) is 2.30. The van der Waals surface area contributed by atoms with Gasteiger partial charge in [-0.3, -0.25) is 4.79 Å². The monoisotopic (exact) mass is 223 g/mol. The van der Waals surface area contributed by atoms with Crippen molar-refractivity contribution in [1.82, 2.24) is 4.98 Å². The van der Waals surface area contributed by atoms with E-state index < -0.39 is 0 Å². The van der Waals surface area contributed by atoms with Gasteiger partial charge in [-0.1, -0.05) is 23.7 Å². The van der Waals surface area contributed by atoms with Crippen molar-refractivity contribution in [2.24, 2.45) is 0 Å². The lowest BCUT2D eigenvalue weighted by molar-refractivity contribution is 0.628. The van der Waals surface area contributed by atoms with Crippen molar-refractivity contribution >= 4 is 11.6 Å². The average Bonchev–Trinajstić information content (AvgIpc) is 2.22. The minimum atomic E-state index is -0.350. The number of benzene rings is 1. The highest BCUT2D eigenvalue weighted by molar-refractivity contribution is 6.30. The van der Waals surface area contributed by atoms with Crippen molar-refractivity contribution < 1.29 is 4.39 Å². The zero-order chi connectivity index (χ0) is 10.8. The van der Waals surface area contributed by atoms with E-state index in [0.29, 0.717) is 11.1 Å². The maximum Gasteiger partial charge on any atom is 0.266 e. The topological polar surface area (TPSA) is 32.9 Å². The lowest BCUT2D eigenvalue weighted by atomic mass is 10.1. The maximum atomic E-state index is 12.9. The second kappa shape index (κ2) is 3.87. The van der Waals surface area contributed by atoms with Crippen LogP contribution in [0.2, 0.25) is 5.02 Å². The van der Waals surface area contributed by atoms with Gasteiger partial charge in [0.2, 0.25) is 0 Å². The van der Waals surface area contributed by atoms with Crippen molar-refractivity contribution in [2.75, 3.05) is 0 Å². The average molecular weight is 224 g/mol. The molecule has 0 radical (unpaired) electrons. The minimum Gasteiger partial charge on any atom is -0.327 e. The fourth-order valence-corrected chi connectivity index (χ4v) is 1.46. The Balaban J connectivity index is 2.55. The van der Waals surface area contributed by atoms with Crippen molar-refractivity contribution in [1.29, 1.82) is 0 Å². The van der Waals surface area contributed by atoms with Gasteiger partial charge in [-0.2, -0.15) is 0 Å². The summed E-state index contributed by atoms with van der Waals surface area (Å²) >= 11 is 5.67. The van der Waals surface area contributed by atoms with Crippen LogP contribution in [0.1, 0.15) is 0 Å². The molecule has 1 N–H and O–H groups in total. The fraction of sp³-hybridized carbons (Fsp3) is 0. The normalized spacial score (nSPS) is 10.3. The third-order valence-electron chi connectivity index (χ3n) is 2.02. The Bertz CT molecular complexity index is 550. The van der Waals surface area contributed by atoms with Crippen molar-refractivity contribution in [2.45, 2.75) is 0 Å². The van der Waals surface area contributed by atoms with Crippen LogP contribution in [0.3, 0.4) is 0 Å². The van der Waals surface area contributed by atoms with Crippen LogP contribution >= 0.6 is 11.6 Å². The molecule has 0 bridgehead atoms. The van der Waals surface area contributed by atoms with E-state index in [1.807, 2.05) is 0 Å². The van der Waals surface area contributed by atoms with Gasteiger partial charge < -0.3 is 4.98 Å². The molecule has 0 aliphatic rings. The third kappa shape index (κ3) is 2.07. The number of H-pyrrole nitrogens is 1. The Kier molecular flexibility index (Phi) is 2.56. The minimum absolute atomic E-state index is 0.0942. The molecule has 0 saturated carbocycles. The molecular formula is C11H7ClFNO. The van der Waals surface area contributed by atoms with Crippen molar-refractivity contribution in [3.63, 3.8) is 0 Å². The number of hydrogen-bond acceptors (Lipinski definition) is 1. The standard InChI is InChI=1S/C11H7ClFNO/c12-10-5-8(6-14-11(10)15)7-2-1-3-9(13)4-7/h1-6H,(H,14,15). The van der Waals surface area contributed by atoms with Gasteiger partial charge >= 0.3 is 0 Å². The van der Waals surface area contributed by atoms with Crippen LogP contribution in [0.5, 0.6) is 0 Å². The molecule has 0 spiro atoms. The summed E-state index contributed by atoms with van der Waals surface area (Å²) in [5, 5.41) is 0.0942. The van der Waals surface area contributed by atoms with E-state index in [-0.39, 0.29) is 16.4 Å². The van der Waals surface area contributed by atoms with E-state index in [1.165, 1.54) is 24.4 Å². The number of aromatic nitrogens is 1. The summed E-state index contributed by atoms with van der Waals surface area (Å²) in [5.41, 5.74) is 1.00. The number of nitrogens with one attached hydrogen (secondary N) is 1. The van der Waals surface area contributed by atoms with Gasteiger partial charge in [0.1, 0.15) is 10.8 Å². The highest BCUT2D eigenvalue weighted by Gasteiger charge is 2.02. The molecule has 0 saturated heterocycles. The van der Waals surface area contributed by atoms with Crippen LogP contribution in [-0.4, -0.2) is 4.98 Å². The van der Waals surface area contributed by atoms with E-state index in [2.05, 4.69) is 4.98 Å². The van der Waals surface area contributed by atoms with E-state index in [9.17, 15) is 9.18 Å². The first-order valence-electron chi connectivity index (χ1n) is 4.31. The van der Waals surface area contributed by atoms with E-state index in [4.69, 9.17) is 11.6 Å². The number of rotatable bonds is 1. The first kappa shape index (κ1) is 9.93. The maximum absolute atomic E-state index is 12.9. The van der Waals surface area contributed by atoms with Crippen LogP contribution < -0.4 is 5.56 Å². The predicted octanol–water partition coefficient (Wildman–Crippen LogP) is 2.83. The molecular weight excluding hydrogens is 217 g/mol. The second-order valence-electron chi connectivity index (χ2n) is 3.08. The van der Waals surface area contributed by atoms with Crippen LogP contribution in [0.15, 0.2) is 41.3 Å². The number of aromatic amines is 1. The summed E-state index contributed by atoms with van der Waals surface area (Å²) in [4.78, 5) is 13.5. The Hall–Kier alpha value is -1.61. The lowest BCUT2D eigenvalue weighted by Gasteiger charge is -2.01. The molecule has 0 atom stereocenters. The molecule has 1 heterocycles. The van der Waals surface area contributed by atoms with E-state index >= 15 is 0 Å². The molecule has 0 aliphatic heterocycles. The van der Waals surface area contributed by atoms with Gasteiger partial charge in [-0.25, -0.2) is 4.39 Å². The molecule has 0 unspecified atom stereocenters. The Labute approximate surface area is 90.3 Å². The highest BCUT2D eigenvalue weighted by atomic mass is 35.5. The van der Waals surface area contributed by atoms with Crippen LogP contribution in [0, 0.1) is 5.82 Å². The van der Waals surface area contributed by atoms with Crippen molar-refractivity contribution in [3.05, 3.63) is 57.7 Å². The Morgan fingerprint density at radius 3 is 2.67 bits per heavy atom. The summed E-state index contributed by atoms with van der Waals surface area (Å²) in [6.45, 7) is 0. The van der Waals surface area contributed by atoms with Gasteiger partial charge in [-0.15, -0.1) is 0 Å². The van der Waals surface area contributed by atoms with Crippen LogP contribution in [0.4, 0.5) is 4.39 Å². The zero-order valence-corrected chi connectivity index (χ0v) is 8.38. The molecule has 0 aliphatic carbocycles. The molecule has 0 fully saturated rings. The number of hydrogen-bond donors (Lipinski definition) is 1. The second-order valence-corrected chi connectivity index (χ2v) is 3.48. The summed E-state index contributed by atoms with van der Waals surface area (Å²) in [5.74, 6) is -0.324. The molecule has 2 aromatic rings. The summed E-state index contributed by atoms with van der Waals surface area (Å²) in [7, 11) is 0. The lowest BCUT2D eigenvalue weighted by Crippen LogP contribution is -2.04. The van der Waals surface area contributed by atoms with E-state index in [1.54, 1.807) is 12.1 Å². The first-order valence-corrected chi connectivity index (χ1v) is 4.69. The molecule has 1 aromatic heterocycles. The van der Waals surface area contributed by atoms with Crippen LogP contribution in [0.25, 0.3) is 11.1 Å². The molecule has 76 valence electrons. The summed E-state index contributed by atoms with van der Waals surface area (Å²) < 4.78 is 12.9. The summed E-state index contributed by atoms with van der Waals surface area (Å²) in [6.07, 6.45) is 1.50. The Morgan fingerprint density at radius 1 is 1.20 bits per heavy atom. The SMILES string of the molecule is O=c1[nH]cc(-c2cccc(F)c2)cc1Cl. The largest absolute Gasteiger partial charge is 0.327 e. The molecule has 0 amide bonds. The quantitative estimate of drug-likeness (QED) is 0.792. The van der Waals surface area contributed by atoms with E-state index in [0.717, 1.165) is 0 Å². The van der Waals surface area contributed by atoms with Gasteiger partial charge in [0.15, 0.2) is 0 Å². The predicted molar refractivity (Wildman–Crippen MR) is 57.5 cm³/mol. The van der Waals surface area contributed by atoms with Gasteiger partial charge in [0.25, 0.3) is 5.56 Å². The van der Waals surface area contributed by atoms with Gasteiger partial charge in [0, 0.05) is 6.20 Å².